The molecule has 0 saturated carbocycles. The van der Waals surface area contributed by atoms with Crippen LogP contribution in [0.2, 0.25) is 0 Å². The summed E-state index contributed by atoms with van der Waals surface area (Å²) in [6.07, 6.45) is 6.13. The number of allylic oxidation sites excluding steroid dienone is 1. The Kier molecular flexibility index (Phi) is 9.93. The van der Waals surface area contributed by atoms with Crippen molar-refractivity contribution in [1.82, 2.24) is 0 Å². The third kappa shape index (κ3) is 8.47. The minimum Gasteiger partial charge on any atom is -0.359 e. The van der Waals surface area contributed by atoms with Gasteiger partial charge < -0.3 is 5.32 Å². The van der Waals surface area contributed by atoms with Gasteiger partial charge in [0.2, 0.25) is 0 Å². The van der Waals surface area contributed by atoms with Crippen molar-refractivity contribution in [2.24, 2.45) is 5.41 Å². The Balaban J connectivity index is 0.000000646. The molecule has 0 aromatic heterocycles. The normalized spacial score (nSPS) is 10.7. The molecule has 2 aromatic rings. The molecule has 0 aliphatic heterocycles. The summed E-state index contributed by atoms with van der Waals surface area (Å²) in [5, 5.41) is 3.44. The average Bonchev–Trinajstić information content (AvgIpc) is 2.64. The van der Waals surface area contributed by atoms with Crippen LogP contribution in [0.15, 0.2) is 60.8 Å². The van der Waals surface area contributed by atoms with E-state index in [1.165, 1.54) is 36.0 Å². The quantitative estimate of drug-likeness (QED) is 0.497. The van der Waals surface area contributed by atoms with Crippen molar-refractivity contribution in [3.8, 4) is 0 Å². The molecule has 0 spiro atoms. The molecule has 0 aliphatic carbocycles. The highest BCUT2D eigenvalue weighted by Gasteiger charge is 2.19. The third-order valence-corrected chi connectivity index (χ3v) is 5.15. The zero-order valence-corrected chi connectivity index (χ0v) is 18.4. The van der Waals surface area contributed by atoms with Gasteiger partial charge >= 0.3 is 0 Å². The second-order valence-electron chi connectivity index (χ2n) is 8.06. The maximum Gasteiger partial charge on any atom is 0.0381 e. The average molecular weight is 366 g/mol. The van der Waals surface area contributed by atoms with Crippen molar-refractivity contribution >= 4 is 5.69 Å². The molecule has 0 heterocycles. The van der Waals surface area contributed by atoms with Crippen LogP contribution in [0.25, 0.3) is 0 Å². The highest BCUT2D eigenvalue weighted by Crippen LogP contribution is 2.29. The minimum atomic E-state index is 0.111. The SMILES string of the molecule is C=C(Nc1ccc(Cc2cccc(C)c2)cc1)C(C)(C)CC.CCCCC. The lowest BCUT2D eigenvalue weighted by Gasteiger charge is -2.26. The van der Waals surface area contributed by atoms with E-state index in [0.29, 0.717) is 0 Å². The van der Waals surface area contributed by atoms with E-state index in [4.69, 9.17) is 0 Å². The van der Waals surface area contributed by atoms with Gasteiger partial charge in [-0.25, -0.2) is 0 Å². The van der Waals surface area contributed by atoms with E-state index in [0.717, 1.165) is 24.2 Å². The van der Waals surface area contributed by atoms with Crippen LogP contribution in [-0.4, -0.2) is 0 Å². The van der Waals surface area contributed by atoms with Gasteiger partial charge in [-0.15, -0.1) is 0 Å². The van der Waals surface area contributed by atoms with E-state index < -0.39 is 0 Å². The van der Waals surface area contributed by atoms with Crippen LogP contribution in [0.1, 0.15) is 77.0 Å². The topological polar surface area (TPSA) is 12.0 Å². The Morgan fingerprint density at radius 1 is 0.926 bits per heavy atom. The highest BCUT2D eigenvalue weighted by molar-refractivity contribution is 5.50. The van der Waals surface area contributed by atoms with Crippen molar-refractivity contribution in [2.45, 2.75) is 73.6 Å². The Hall–Kier alpha value is -2.02. The number of hydrogen-bond acceptors (Lipinski definition) is 1. The Morgan fingerprint density at radius 3 is 2.04 bits per heavy atom. The van der Waals surface area contributed by atoms with Gasteiger partial charge in [-0.05, 0) is 43.0 Å². The Morgan fingerprint density at radius 2 is 1.56 bits per heavy atom. The first-order valence-corrected chi connectivity index (χ1v) is 10.4. The van der Waals surface area contributed by atoms with Gasteiger partial charge in [-0.3, -0.25) is 0 Å². The van der Waals surface area contributed by atoms with Crippen LogP contribution in [0.4, 0.5) is 5.69 Å². The van der Waals surface area contributed by atoms with Crippen molar-refractivity contribution in [3.05, 3.63) is 77.5 Å². The van der Waals surface area contributed by atoms with Crippen molar-refractivity contribution in [3.63, 3.8) is 0 Å². The maximum absolute atomic E-state index is 4.18. The summed E-state index contributed by atoms with van der Waals surface area (Å²) >= 11 is 0. The zero-order chi connectivity index (χ0) is 20.3. The number of unbranched alkanes of at least 4 members (excludes halogenated alkanes) is 2. The summed E-state index contributed by atoms with van der Waals surface area (Å²) in [6, 6.07) is 17.4. The van der Waals surface area contributed by atoms with Crippen LogP contribution in [0.5, 0.6) is 0 Å². The molecule has 27 heavy (non-hydrogen) atoms. The lowest BCUT2D eigenvalue weighted by atomic mass is 9.87. The molecule has 0 atom stereocenters. The lowest BCUT2D eigenvalue weighted by molar-refractivity contribution is 0.434. The van der Waals surface area contributed by atoms with Crippen LogP contribution >= 0.6 is 0 Å². The van der Waals surface area contributed by atoms with Crippen molar-refractivity contribution < 1.29 is 0 Å². The summed E-state index contributed by atoms with van der Waals surface area (Å²) in [5.41, 5.74) is 6.30. The summed E-state index contributed by atoms with van der Waals surface area (Å²) in [4.78, 5) is 0. The molecular weight excluding hydrogens is 326 g/mol. The molecule has 0 fully saturated rings. The van der Waals surface area contributed by atoms with Gasteiger partial charge in [-0.1, -0.05) is 102 Å². The second kappa shape index (κ2) is 11.6. The smallest absolute Gasteiger partial charge is 0.0381 e. The van der Waals surface area contributed by atoms with Crippen LogP contribution < -0.4 is 5.32 Å². The number of rotatable bonds is 8. The first-order chi connectivity index (χ1) is 12.8. The summed E-state index contributed by atoms with van der Waals surface area (Å²) in [5.74, 6) is 0. The van der Waals surface area contributed by atoms with E-state index in [9.17, 15) is 0 Å². The maximum atomic E-state index is 4.18. The molecule has 1 nitrogen and oxygen atoms in total. The van der Waals surface area contributed by atoms with Gasteiger partial charge in [0.05, 0.1) is 0 Å². The predicted molar refractivity (Wildman–Crippen MR) is 122 cm³/mol. The van der Waals surface area contributed by atoms with Gasteiger partial charge in [0.15, 0.2) is 0 Å². The van der Waals surface area contributed by atoms with Crippen LogP contribution in [0, 0.1) is 12.3 Å². The summed E-state index contributed by atoms with van der Waals surface area (Å²) in [6.45, 7) is 17.4. The number of hydrogen-bond donors (Lipinski definition) is 1. The van der Waals surface area contributed by atoms with E-state index >= 15 is 0 Å². The molecular formula is C26H39N. The van der Waals surface area contributed by atoms with Crippen LogP contribution in [0.3, 0.4) is 0 Å². The molecule has 0 bridgehead atoms. The van der Waals surface area contributed by atoms with E-state index in [2.05, 4.69) is 102 Å². The largest absolute Gasteiger partial charge is 0.359 e. The molecule has 2 aromatic carbocycles. The van der Waals surface area contributed by atoms with Crippen molar-refractivity contribution in [1.29, 1.82) is 0 Å². The molecule has 0 unspecified atom stereocenters. The van der Waals surface area contributed by atoms with E-state index in [1.54, 1.807) is 0 Å². The van der Waals surface area contributed by atoms with Gasteiger partial charge in [0.1, 0.15) is 0 Å². The third-order valence-electron chi connectivity index (χ3n) is 5.15. The molecule has 0 aliphatic rings. The number of nitrogens with one attached hydrogen (secondary N) is 1. The molecule has 2 rings (SSSR count). The molecule has 0 radical (unpaired) electrons. The molecule has 1 heteroatoms. The molecule has 0 saturated heterocycles. The Labute approximate surface area is 167 Å². The molecule has 1 N–H and O–H groups in total. The van der Waals surface area contributed by atoms with Crippen LogP contribution in [-0.2, 0) is 6.42 Å². The van der Waals surface area contributed by atoms with E-state index in [1.807, 2.05) is 0 Å². The predicted octanol–water partition coefficient (Wildman–Crippen LogP) is 8.14. The summed E-state index contributed by atoms with van der Waals surface area (Å²) < 4.78 is 0. The monoisotopic (exact) mass is 365 g/mol. The summed E-state index contributed by atoms with van der Waals surface area (Å²) in [7, 11) is 0. The van der Waals surface area contributed by atoms with Crippen molar-refractivity contribution in [2.75, 3.05) is 5.32 Å². The lowest BCUT2D eigenvalue weighted by Crippen LogP contribution is -2.18. The Bertz CT molecular complexity index is 678. The standard InChI is InChI=1S/C21H27N.C5H12/c1-6-21(4,5)17(3)22-20-12-10-18(11-13-20)15-19-9-7-8-16(2)14-19;1-3-5-4-2/h7-14,22H,3,6,15H2,1-2,4-5H3;3-5H2,1-2H3. The highest BCUT2D eigenvalue weighted by atomic mass is 14.9. The fourth-order valence-corrected chi connectivity index (χ4v) is 2.67. The number of benzene rings is 2. The second-order valence-corrected chi connectivity index (χ2v) is 8.06. The van der Waals surface area contributed by atoms with Gasteiger partial charge in [0, 0.05) is 16.8 Å². The molecule has 0 amide bonds. The fraction of sp³-hybridized carbons (Fsp3) is 0.462. The minimum absolute atomic E-state index is 0.111. The van der Waals surface area contributed by atoms with Gasteiger partial charge in [-0.2, -0.15) is 0 Å². The fourth-order valence-electron chi connectivity index (χ4n) is 2.67. The first kappa shape index (κ1) is 23.0. The number of aryl methyl sites for hydroxylation is 1. The van der Waals surface area contributed by atoms with E-state index in [-0.39, 0.29) is 5.41 Å². The zero-order valence-electron chi connectivity index (χ0n) is 18.4. The molecule has 148 valence electrons. The first-order valence-electron chi connectivity index (χ1n) is 10.4. The van der Waals surface area contributed by atoms with Gasteiger partial charge in [0.25, 0.3) is 0 Å². The number of anilines is 1.